The summed E-state index contributed by atoms with van der Waals surface area (Å²) < 4.78 is 44.6. The monoisotopic (exact) mass is 543 g/mol. The zero-order valence-electron chi connectivity index (χ0n) is 21.7. The molecule has 8 nitrogen and oxygen atoms in total. The van der Waals surface area contributed by atoms with Crippen LogP contribution in [0.15, 0.2) is 72.8 Å². The van der Waals surface area contributed by atoms with Crippen LogP contribution >= 0.6 is 0 Å². The Kier molecular flexibility index (Phi) is 9.61. The number of rotatable bonds is 12. The molecule has 0 fully saturated rings. The highest BCUT2D eigenvalue weighted by Crippen LogP contribution is 2.23. The number of halogens is 1. The molecule has 1 amide bonds. The second-order valence-corrected chi connectivity index (χ2v) is 11.6. The standard InChI is InChI=1S/C28H34FN3O5S/c1-20(23-9-11-25(29)12-10-23)31-27(34)24-13-22(14-26(15-24)32(2)38(3,35)36)17-37-19-28(30,18-33)16-21-7-5-4-6-8-21/h4-15,20,33H,16-19,30H2,1-3H3,(H,31,34)/t20-,28-/m1/s1. The van der Waals surface area contributed by atoms with Crippen LogP contribution in [0, 0.1) is 5.82 Å². The molecule has 0 saturated heterocycles. The Morgan fingerprint density at radius 2 is 1.76 bits per heavy atom. The summed E-state index contributed by atoms with van der Waals surface area (Å²) in [5, 5.41) is 12.8. The molecule has 4 N–H and O–H groups in total. The number of aliphatic hydroxyl groups is 1. The maximum Gasteiger partial charge on any atom is 0.251 e. The molecule has 0 aliphatic rings. The van der Waals surface area contributed by atoms with Crippen molar-refractivity contribution in [2.75, 3.05) is 30.8 Å². The van der Waals surface area contributed by atoms with E-state index in [1.54, 1.807) is 31.2 Å². The third-order valence-corrected chi connectivity index (χ3v) is 7.40. The number of carbonyl (C=O) groups is 1. The fraction of sp³-hybridized carbons (Fsp3) is 0.321. The van der Waals surface area contributed by atoms with E-state index in [4.69, 9.17) is 10.5 Å². The van der Waals surface area contributed by atoms with E-state index < -0.39 is 27.5 Å². The van der Waals surface area contributed by atoms with Crippen molar-refractivity contribution < 1.29 is 27.4 Å². The van der Waals surface area contributed by atoms with Gasteiger partial charge in [0.15, 0.2) is 0 Å². The van der Waals surface area contributed by atoms with Crippen LogP contribution in [0.4, 0.5) is 10.1 Å². The van der Waals surface area contributed by atoms with Gasteiger partial charge < -0.3 is 20.9 Å². The number of nitrogens with two attached hydrogens (primary N) is 1. The maximum absolute atomic E-state index is 13.3. The maximum atomic E-state index is 13.3. The van der Waals surface area contributed by atoms with Crippen molar-refractivity contribution in [3.05, 3.63) is 101 Å². The van der Waals surface area contributed by atoms with Crippen molar-refractivity contribution in [2.45, 2.75) is 31.5 Å². The molecular weight excluding hydrogens is 509 g/mol. The zero-order valence-corrected chi connectivity index (χ0v) is 22.5. The second kappa shape index (κ2) is 12.5. The molecule has 10 heteroatoms. The van der Waals surface area contributed by atoms with Gasteiger partial charge in [-0.1, -0.05) is 42.5 Å². The van der Waals surface area contributed by atoms with Crippen molar-refractivity contribution in [3.63, 3.8) is 0 Å². The molecule has 0 aliphatic heterocycles. The lowest BCUT2D eigenvalue weighted by molar-refractivity contribution is 0.0457. The summed E-state index contributed by atoms with van der Waals surface area (Å²) in [5.74, 6) is -0.806. The van der Waals surface area contributed by atoms with Gasteiger partial charge in [0, 0.05) is 12.6 Å². The largest absolute Gasteiger partial charge is 0.394 e. The third kappa shape index (κ3) is 8.09. The van der Waals surface area contributed by atoms with Crippen LogP contribution < -0.4 is 15.4 Å². The first-order valence-corrected chi connectivity index (χ1v) is 13.9. The summed E-state index contributed by atoms with van der Waals surface area (Å²) in [4.78, 5) is 13.1. The van der Waals surface area contributed by atoms with Crippen LogP contribution in [-0.2, 0) is 27.8 Å². The number of nitrogens with zero attached hydrogens (tertiary/aromatic N) is 1. The molecule has 204 valence electrons. The first-order chi connectivity index (χ1) is 17.9. The predicted octanol–water partition coefficient (Wildman–Crippen LogP) is 3.16. The molecule has 0 spiro atoms. The van der Waals surface area contributed by atoms with Gasteiger partial charge in [0.1, 0.15) is 5.82 Å². The van der Waals surface area contributed by atoms with Crippen LogP contribution in [0.3, 0.4) is 0 Å². The highest BCUT2D eigenvalue weighted by atomic mass is 32.2. The molecule has 0 heterocycles. The van der Waals surface area contributed by atoms with Crippen LogP contribution in [0.5, 0.6) is 0 Å². The Labute approximate surface area is 223 Å². The average Bonchev–Trinajstić information content (AvgIpc) is 2.88. The minimum absolute atomic E-state index is 0.0347. The topological polar surface area (TPSA) is 122 Å². The fourth-order valence-electron chi connectivity index (χ4n) is 3.90. The van der Waals surface area contributed by atoms with E-state index in [1.807, 2.05) is 30.3 Å². The van der Waals surface area contributed by atoms with Gasteiger partial charge in [-0.3, -0.25) is 9.10 Å². The Morgan fingerprint density at radius 3 is 2.37 bits per heavy atom. The number of ether oxygens (including phenoxy) is 1. The number of hydrogen-bond donors (Lipinski definition) is 3. The number of amides is 1. The SMILES string of the molecule is C[C@@H](NC(=O)c1cc(COC[C@](N)(CO)Cc2ccccc2)cc(N(C)S(C)(=O)=O)c1)c1ccc(F)cc1. The Bertz CT molecular complexity index is 1340. The first kappa shape index (κ1) is 29.2. The number of benzene rings is 3. The number of sulfonamides is 1. The Hall–Kier alpha value is -3.31. The van der Waals surface area contributed by atoms with Crippen molar-refractivity contribution in [1.29, 1.82) is 0 Å². The highest BCUT2D eigenvalue weighted by Gasteiger charge is 2.25. The van der Waals surface area contributed by atoms with Gasteiger partial charge >= 0.3 is 0 Å². The molecule has 38 heavy (non-hydrogen) atoms. The molecule has 0 unspecified atom stereocenters. The smallest absolute Gasteiger partial charge is 0.251 e. The molecule has 0 aliphatic carbocycles. The third-order valence-electron chi connectivity index (χ3n) is 6.19. The van der Waals surface area contributed by atoms with E-state index in [2.05, 4.69) is 5.32 Å². The van der Waals surface area contributed by atoms with E-state index >= 15 is 0 Å². The van der Waals surface area contributed by atoms with Crippen molar-refractivity contribution >= 4 is 21.6 Å². The highest BCUT2D eigenvalue weighted by molar-refractivity contribution is 7.92. The molecule has 3 aromatic rings. The molecular formula is C28H34FN3O5S. The minimum atomic E-state index is -3.60. The van der Waals surface area contributed by atoms with Crippen molar-refractivity contribution in [2.24, 2.45) is 5.73 Å². The molecule has 0 bridgehead atoms. The Morgan fingerprint density at radius 1 is 1.11 bits per heavy atom. The quantitative estimate of drug-likeness (QED) is 0.323. The van der Waals surface area contributed by atoms with Gasteiger partial charge in [-0.05, 0) is 60.4 Å². The lowest BCUT2D eigenvalue weighted by atomic mass is 9.93. The number of nitrogens with one attached hydrogen (secondary N) is 1. The number of anilines is 1. The average molecular weight is 544 g/mol. The molecule has 0 radical (unpaired) electrons. The predicted molar refractivity (Wildman–Crippen MR) is 146 cm³/mol. The minimum Gasteiger partial charge on any atom is -0.394 e. The lowest BCUT2D eigenvalue weighted by Crippen LogP contribution is -2.50. The number of carbonyl (C=O) groups excluding carboxylic acids is 1. The fourth-order valence-corrected chi connectivity index (χ4v) is 4.39. The molecule has 3 aromatic carbocycles. The van der Waals surface area contributed by atoms with E-state index in [1.165, 1.54) is 25.2 Å². The summed E-state index contributed by atoms with van der Waals surface area (Å²) in [6.07, 6.45) is 1.47. The van der Waals surface area contributed by atoms with Gasteiger partial charge in [-0.2, -0.15) is 0 Å². The van der Waals surface area contributed by atoms with E-state index in [0.29, 0.717) is 17.7 Å². The van der Waals surface area contributed by atoms with Crippen LogP contribution in [0.2, 0.25) is 0 Å². The van der Waals surface area contributed by atoms with Crippen molar-refractivity contribution in [3.8, 4) is 0 Å². The Balaban J connectivity index is 1.79. The van der Waals surface area contributed by atoms with Gasteiger partial charge in [-0.25, -0.2) is 12.8 Å². The summed E-state index contributed by atoms with van der Waals surface area (Å²) in [6.45, 7) is 1.54. The normalized spacial score (nSPS) is 13.9. The van der Waals surface area contributed by atoms with Crippen molar-refractivity contribution in [1.82, 2.24) is 5.32 Å². The van der Waals surface area contributed by atoms with Crippen LogP contribution in [0.1, 0.15) is 40.0 Å². The molecule has 0 saturated carbocycles. The van der Waals surface area contributed by atoms with Gasteiger partial charge in [0.05, 0.1) is 43.3 Å². The van der Waals surface area contributed by atoms with E-state index in [0.717, 1.165) is 21.7 Å². The van der Waals surface area contributed by atoms with Gasteiger partial charge in [-0.15, -0.1) is 0 Å². The van der Waals surface area contributed by atoms with E-state index in [-0.39, 0.29) is 31.2 Å². The first-order valence-electron chi connectivity index (χ1n) is 12.1. The molecule has 3 rings (SSSR count). The van der Waals surface area contributed by atoms with Gasteiger partial charge in [0.25, 0.3) is 5.91 Å². The summed E-state index contributed by atoms with van der Waals surface area (Å²) >= 11 is 0. The van der Waals surface area contributed by atoms with Crippen LogP contribution in [-0.4, -0.2) is 51.5 Å². The number of hydrogen-bond acceptors (Lipinski definition) is 6. The zero-order chi connectivity index (χ0) is 27.9. The second-order valence-electron chi connectivity index (χ2n) is 9.54. The molecule has 2 atom stereocenters. The summed E-state index contributed by atoms with van der Waals surface area (Å²) in [6, 6.07) is 19.6. The lowest BCUT2D eigenvalue weighted by Gasteiger charge is -2.27. The number of aliphatic hydroxyl groups excluding tert-OH is 1. The van der Waals surface area contributed by atoms with Gasteiger partial charge in [0.2, 0.25) is 10.0 Å². The van der Waals surface area contributed by atoms with Crippen LogP contribution in [0.25, 0.3) is 0 Å². The summed E-state index contributed by atoms with van der Waals surface area (Å²) in [5.41, 5.74) is 8.11. The summed E-state index contributed by atoms with van der Waals surface area (Å²) in [7, 11) is -2.20. The van der Waals surface area contributed by atoms with E-state index in [9.17, 15) is 22.7 Å². The molecule has 0 aromatic heterocycles.